The molecule has 0 radical (unpaired) electrons. The number of nitrogens with zero attached hydrogens (tertiary/aromatic N) is 3. The lowest BCUT2D eigenvalue weighted by Gasteiger charge is -2.07. The zero-order chi connectivity index (χ0) is 13.9. The van der Waals surface area contributed by atoms with Crippen LogP contribution in [0.5, 0.6) is 0 Å². The first kappa shape index (κ1) is 12.5. The van der Waals surface area contributed by atoms with Crippen LogP contribution in [-0.4, -0.2) is 20.9 Å². The number of amides is 1. The summed E-state index contributed by atoms with van der Waals surface area (Å²) >= 11 is 5.95. The van der Waals surface area contributed by atoms with E-state index >= 15 is 0 Å². The van der Waals surface area contributed by atoms with Crippen LogP contribution in [0.1, 0.15) is 10.4 Å². The van der Waals surface area contributed by atoms with E-state index in [1.165, 1.54) is 6.07 Å². The Morgan fingerprint density at radius 3 is 2.65 bits per heavy atom. The van der Waals surface area contributed by atoms with Crippen molar-refractivity contribution >= 4 is 34.4 Å². The second kappa shape index (κ2) is 5.22. The van der Waals surface area contributed by atoms with Crippen molar-refractivity contribution in [1.29, 1.82) is 0 Å². The smallest absolute Gasteiger partial charge is 0.258 e. The fourth-order valence-corrected chi connectivity index (χ4v) is 2.06. The number of anilines is 1. The van der Waals surface area contributed by atoms with Gasteiger partial charge in [0.2, 0.25) is 5.95 Å². The molecule has 1 N–H and O–H groups in total. The molecule has 0 bridgehead atoms. The highest BCUT2D eigenvalue weighted by atomic mass is 35.5. The summed E-state index contributed by atoms with van der Waals surface area (Å²) in [6.45, 7) is 0. The van der Waals surface area contributed by atoms with Crippen LogP contribution in [0.15, 0.2) is 48.8 Å². The fraction of sp³-hybridized carbons (Fsp3) is 0. The molecule has 3 rings (SSSR count). The quantitative estimate of drug-likeness (QED) is 0.735. The molecule has 2 heterocycles. The number of benzene rings is 1. The van der Waals surface area contributed by atoms with E-state index < -0.39 is 0 Å². The van der Waals surface area contributed by atoms with E-state index in [1.807, 2.05) is 18.2 Å². The molecular weight excluding hydrogens is 276 g/mol. The van der Waals surface area contributed by atoms with Gasteiger partial charge in [-0.15, -0.1) is 0 Å². The number of nitrogens with one attached hydrogen (secondary N) is 1. The van der Waals surface area contributed by atoms with Crippen molar-refractivity contribution in [3.63, 3.8) is 0 Å². The maximum absolute atomic E-state index is 12.3. The molecule has 6 heteroatoms. The molecule has 5 nitrogen and oxygen atoms in total. The van der Waals surface area contributed by atoms with Crippen LogP contribution in [0.4, 0.5) is 5.95 Å². The lowest BCUT2D eigenvalue weighted by Crippen LogP contribution is -2.14. The maximum Gasteiger partial charge on any atom is 0.258 e. The highest BCUT2D eigenvalue weighted by Gasteiger charge is 2.13. The molecule has 0 unspecified atom stereocenters. The van der Waals surface area contributed by atoms with Crippen LogP contribution in [0.25, 0.3) is 10.9 Å². The molecule has 98 valence electrons. The van der Waals surface area contributed by atoms with Gasteiger partial charge < -0.3 is 0 Å². The van der Waals surface area contributed by atoms with Crippen molar-refractivity contribution in [2.75, 3.05) is 5.32 Å². The largest absolute Gasteiger partial charge is 0.290 e. The van der Waals surface area contributed by atoms with Gasteiger partial charge in [0.1, 0.15) is 5.15 Å². The number of carbonyl (C=O) groups is 1. The van der Waals surface area contributed by atoms with Gasteiger partial charge in [-0.3, -0.25) is 10.1 Å². The molecule has 0 aliphatic carbocycles. The molecule has 0 aliphatic heterocycles. The summed E-state index contributed by atoms with van der Waals surface area (Å²) in [7, 11) is 0. The monoisotopic (exact) mass is 284 g/mol. The molecule has 0 spiro atoms. The Kier molecular flexibility index (Phi) is 3.26. The van der Waals surface area contributed by atoms with Crippen molar-refractivity contribution in [3.05, 3.63) is 59.5 Å². The zero-order valence-electron chi connectivity index (χ0n) is 10.2. The number of aromatic nitrogens is 3. The lowest BCUT2D eigenvalue weighted by atomic mass is 10.1. The molecule has 0 saturated heterocycles. The number of rotatable bonds is 2. The number of halogens is 1. The van der Waals surface area contributed by atoms with Gasteiger partial charge in [0.25, 0.3) is 5.91 Å². The van der Waals surface area contributed by atoms with E-state index in [4.69, 9.17) is 11.6 Å². The molecule has 20 heavy (non-hydrogen) atoms. The van der Waals surface area contributed by atoms with E-state index in [1.54, 1.807) is 24.5 Å². The average Bonchev–Trinajstić information content (AvgIpc) is 2.47. The van der Waals surface area contributed by atoms with Crippen LogP contribution < -0.4 is 5.32 Å². The van der Waals surface area contributed by atoms with Crippen molar-refractivity contribution in [1.82, 2.24) is 15.0 Å². The SMILES string of the molecule is O=C(Nc1ncccn1)c1cc(Cl)nc2ccccc12. The third-order valence-electron chi connectivity index (χ3n) is 2.72. The highest BCUT2D eigenvalue weighted by Crippen LogP contribution is 2.21. The Morgan fingerprint density at radius 1 is 1.10 bits per heavy atom. The fourth-order valence-electron chi connectivity index (χ4n) is 1.86. The average molecular weight is 285 g/mol. The van der Waals surface area contributed by atoms with E-state index in [0.29, 0.717) is 11.1 Å². The van der Waals surface area contributed by atoms with Gasteiger partial charge in [0.15, 0.2) is 0 Å². The summed E-state index contributed by atoms with van der Waals surface area (Å²) in [5.41, 5.74) is 1.10. The summed E-state index contributed by atoms with van der Waals surface area (Å²) in [5, 5.41) is 3.62. The molecule has 0 atom stereocenters. The molecule has 2 aromatic heterocycles. The predicted octanol–water partition coefficient (Wildman–Crippen LogP) is 2.93. The van der Waals surface area contributed by atoms with E-state index in [2.05, 4.69) is 20.3 Å². The summed E-state index contributed by atoms with van der Waals surface area (Å²) < 4.78 is 0. The number of fused-ring (bicyclic) bond motifs is 1. The van der Waals surface area contributed by atoms with Crippen molar-refractivity contribution < 1.29 is 4.79 Å². The number of para-hydroxylation sites is 1. The number of hydrogen-bond acceptors (Lipinski definition) is 4. The van der Waals surface area contributed by atoms with E-state index in [0.717, 1.165) is 5.39 Å². The standard InChI is InChI=1S/C14H9ClN4O/c15-12-8-10(9-4-1-2-5-11(9)18-12)13(20)19-14-16-6-3-7-17-14/h1-8H,(H,16,17,19,20). The van der Waals surface area contributed by atoms with Gasteiger partial charge in [-0.05, 0) is 18.2 Å². The Morgan fingerprint density at radius 2 is 1.85 bits per heavy atom. The Hall–Kier alpha value is -2.53. The third kappa shape index (κ3) is 2.44. The van der Waals surface area contributed by atoms with Gasteiger partial charge in [0, 0.05) is 17.8 Å². The lowest BCUT2D eigenvalue weighted by molar-refractivity contribution is 0.102. The molecule has 3 aromatic rings. The van der Waals surface area contributed by atoms with Gasteiger partial charge in [-0.2, -0.15) is 0 Å². The summed E-state index contributed by atoms with van der Waals surface area (Å²) in [4.78, 5) is 24.4. The maximum atomic E-state index is 12.3. The molecule has 0 saturated carbocycles. The van der Waals surface area contributed by atoms with Crippen molar-refractivity contribution in [2.45, 2.75) is 0 Å². The normalized spacial score (nSPS) is 10.4. The minimum atomic E-state index is -0.322. The van der Waals surface area contributed by atoms with Crippen LogP contribution >= 0.6 is 11.6 Å². The first-order valence-electron chi connectivity index (χ1n) is 5.88. The van der Waals surface area contributed by atoms with E-state index in [9.17, 15) is 4.79 Å². The molecule has 0 aliphatic rings. The predicted molar refractivity (Wildman–Crippen MR) is 76.7 cm³/mol. The van der Waals surface area contributed by atoms with Crippen molar-refractivity contribution in [3.8, 4) is 0 Å². The molecule has 1 aromatic carbocycles. The second-order valence-electron chi connectivity index (χ2n) is 4.04. The molecule has 1 amide bonds. The van der Waals surface area contributed by atoms with Crippen molar-refractivity contribution in [2.24, 2.45) is 0 Å². The minimum absolute atomic E-state index is 0.245. The van der Waals surface area contributed by atoms with Crippen LogP contribution in [0.3, 0.4) is 0 Å². The molecular formula is C14H9ClN4O. The van der Waals surface area contributed by atoms with Gasteiger partial charge in [-0.25, -0.2) is 15.0 Å². The van der Waals surface area contributed by atoms with Crippen LogP contribution in [-0.2, 0) is 0 Å². The number of hydrogen-bond donors (Lipinski definition) is 1. The van der Waals surface area contributed by atoms with Gasteiger partial charge >= 0.3 is 0 Å². The second-order valence-corrected chi connectivity index (χ2v) is 4.42. The zero-order valence-corrected chi connectivity index (χ0v) is 11.0. The summed E-state index contributed by atoms with van der Waals surface area (Å²) in [6.07, 6.45) is 3.11. The van der Waals surface area contributed by atoms with E-state index in [-0.39, 0.29) is 17.0 Å². The summed E-state index contributed by atoms with van der Waals surface area (Å²) in [6, 6.07) is 10.5. The van der Waals surface area contributed by atoms with Gasteiger partial charge in [0.05, 0.1) is 11.1 Å². The Balaban J connectivity index is 2.03. The molecule has 0 fully saturated rings. The van der Waals surface area contributed by atoms with Crippen LogP contribution in [0.2, 0.25) is 5.15 Å². The third-order valence-corrected chi connectivity index (χ3v) is 2.91. The number of carbonyl (C=O) groups excluding carboxylic acids is 1. The highest BCUT2D eigenvalue weighted by molar-refractivity contribution is 6.30. The Labute approximate surface area is 119 Å². The minimum Gasteiger partial charge on any atom is -0.290 e. The topological polar surface area (TPSA) is 67.8 Å². The first-order valence-corrected chi connectivity index (χ1v) is 6.25. The summed E-state index contributed by atoms with van der Waals surface area (Å²) in [5.74, 6) is -0.0776. The first-order chi connectivity index (χ1) is 9.74. The van der Waals surface area contributed by atoms with Crippen LogP contribution in [0, 0.1) is 0 Å². The Bertz CT molecular complexity index is 776. The number of pyridine rings is 1. The van der Waals surface area contributed by atoms with Gasteiger partial charge in [-0.1, -0.05) is 29.8 Å².